The molecule has 1 atom stereocenters. The summed E-state index contributed by atoms with van der Waals surface area (Å²) in [6.45, 7) is 2.50. The van der Waals surface area contributed by atoms with Gasteiger partial charge in [-0.15, -0.1) is 0 Å². The Kier molecular flexibility index (Phi) is 5.57. The minimum Gasteiger partial charge on any atom is -0.495 e. The van der Waals surface area contributed by atoms with E-state index >= 15 is 0 Å². The van der Waals surface area contributed by atoms with Crippen molar-refractivity contribution >= 4 is 21.6 Å². The summed E-state index contributed by atoms with van der Waals surface area (Å²) >= 11 is 0. The molecule has 0 unspecified atom stereocenters. The highest BCUT2D eigenvalue weighted by molar-refractivity contribution is 7.89. The molecule has 1 N–H and O–H groups in total. The van der Waals surface area contributed by atoms with Gasteiger partial charge in [-0.3, -0.25) is 4.79 Å². The molecule has 2 aliphatic heterocycles. The summed E-state index contributed by atoms with van der Waals surface area (Å²) in [5.74, 6) is 0.943. The molecule has 1 saturated heterocycles. The number of carbonyl (C=O) groups excluding carboxylic acids is 1. The van der Waals surface area contributed by atoms with Crippen LogP contribution in [0.15, 0.2) is 41.3 Å². The summed E-state index contributed by atoms with van der Waals surface area (Å²) in [5, 5.41) is 2.77. The number of amides is 1. The van der Waals surface area contributed by atoms with Crippen molar-refractivity contribution in [3.05, 3.63) is 42.0 Å². The molecular formula is C21H24N2O6S. The fourth-order valence-corrected chi connectivity index (χ4v) is 5.64. The van der Waals surface area contributed by atoms with Gasteiger partial charge >= 0.3 is 0 Å². The lowest BCUT2D eigenvalue weighted by molar-refractivity contribution is 0.102. The molecule has 8 nitrogen and oxygen atoms in total. The molecule has 30 heavy (non-hydrogen) atoms. The smallest absolute Gasteiger partial charge is 0.255 e. The van der Waals surface area contributed by atoms with Crippen LogP contribution in [0, 0.1) is 0 Å². The van der Waals surface area contributed by atoms with Gasteiger partial charge in [0.05, 0.1) is 7.11 Å². The van der Waals surface area contributed by atoms with Gasteiger partial charge in [0.2, 0.25) is 16.8 Å². The van der Waals surface area contributed by atoms with E-state index in [1.54, 1.807) is 24.3 Å². The van der Waals surface area contributed by atoms with Gasteiger partial charge in [0, 0.05) is 29.9 Å². The maximum absolute atomic E-state index is 13.3. The Morgan fingerprint density at radius 1 is 1.13 bits per heavy atom. The molecule has 0 saturated carbocycles. The molecule has 2 aliphatic rings. The number of hydrogen-bond acceptors (Lipinski definition) is 6. The summed E-state index contributed by atoms with van der Waals surface area (Å²) in [5.41, 5.74) is 0.742. The number of carbonyl (C=O) groups is 1. The van der Waals surface area contributed by atoms with E-state index in [1.807, 2.05) is 6.92 Å². The number of benzene rings is 2. The van der Waals surface area contributed by atoms with Crippen LogP contribution in [-0.4, -0.2) is 45.1 Å². The summed E-state index contributed by atoms with van der Waals surface area (Å²) in [7, 11) is -2.38. The first-order chi connectivity index (χ1) is 14.4. The molecular weight excluding hydrogens is 408 g/mol. The van der Waals surface area contributed by atoms with Crippen LogP contribution in [-0.2, 0) is 10.0 Å². The van der Waals surface area contributed by atoms with Crippen molar-refractivity contribution in [1.82, 2.24) is 4.31 Å². The largest absolute Gasteiger partial charge is 0.495 e. The number of methoxy groups -OCH3 is 1. The molecule has 1 fully saturated rings. The molecule has 0 spiro atoms. The van der Waals surface area contributed by atoms with E-state index in [0.717, 1.165) is 19.3 Å². The SMILES string of the molecule is COc1ccc(C(=O)Nc2ccc3c(c2)OCO3)cc1S(=O)(=O)N1CCCC[C@H]1C. The van der Waals surface area contributed by atoms with Crippen molar-refractivity contribution in [2.24, 2.45) is 0 Å². The standard InChI is InChI=1S/C21H24N2O6S/c1-14-5-3-4-10-23(14)30(25,26)20-11-15(6-8-18(20)27-2)21(24)22-16-7-9-17-19(12-16)29-13-28-17/h6-9,11-12,14H,3-5,10,13H2,1-2H3,(H,22,24)/t14-/m1/s1. The van der Waals surface area contributed by atoms with Gasteiger partial charge in [-0.1, -0.05) is 6.42 Å². The van der Waals surface area contributed by atoms with Crippen LogP contribution < -0.4 is 19.5 Å². The third-order valence-electron chi connectivity index (χ3n) is 5.38. The average Bonchev–Trinajstić information content (AvgIpc) is 3.21. The van der Waals surface area contributed by atoms with Crippen LogP contribution in [0.4, 0.5) is 5.69 Å². The first-order valence-electron chi connectivity index (χ1n) is 9.81. The Labute approximate surface area is 175 Å². The average molecular weight is 432 g/mol. The van der Waals surface area contributed by atoms with Crippen molar-refractivity contribution < 1.29 is 27.4 Å². The number of sulfonamides is 1. The van der Waals surface area contributed by atoms with Crippen molar-refractivity contribution in [1.29, 1.82) is 0 Å². The number of nitrogens with zero attached hydrogens (tertiary/aromatic N) is 1. The van der Waals surface area contributed by atoms with Crippen molar-refractivity contribution in [3.63, 3.8) is 0 Å². The van der Waals surface area contributed by atoms with Gasteiger partial charge in [-0.2, -0.15) is 4.31 Å². The fourth-order valence-electron chi connectivity index (χ4n) is 3.75. The topological polar surface area (TPSA) is 94.2 Å². The number of anilines is 1. The number of rotatable bonds is 5. The molecule has 9 heteroatoms. The predicted octanol–water partition coefficient (Wildman–Crippen LogP) is 3.24. The Morgan fingerprint density at radius 3 is 2.70 bits per heavy atom. The zero-order chi connectivity index (χ0) is 21.3. The Hall–Kier alpha value is -2.78. The Morgan fingerprint density at radius 2 is 1.93 bits per heavy atom. The van der Waals surface area contributed by atoms with E-state index < -0.39 is 15.9 Å². The zero-order valence-electron chi connectivity index (χ0n) is 16.9. The van der Waals surface area contributed by atoms with E-state index in [4.69, 9.17) is 14.2 Å². The molecule has 2 heterocycles. The third-order valence-corrected chi connectivity index (χ3v) is 7.42. The van der Waals surface area contributed by atoms with Crippen LogP contribution in [0.3, 0.4) is 0 Å². The fraction of sp³-hybridized carbons (Fsp3) is 0.381. The number of nitrogens with one attached hydrogen (secondary N) is 1. The molecule has 2 aromatic rings. The normalized spacial score (nSPS) is 18.8. The van der Waals surface area contributed by atoms with Crippen LogP contribution in [0.1, 0.15) is 36.5 Å². The van der Waals surface area contributed by atoms with Gasteiger partial charge in [0.15, 0.2) is 11.5 Å². The molecule has 160 valence electrons. The van der Waals surface area contributed by atoms with Gasteiger partial charge in [-0.25, -0.2) is 8.42 Å². The summed E-state index contributed by atoms with van der Waals surface area (Å²) in [6.07, 6.45) is 2.63. The van der Waals surface area contributed by atoms with E-state index in [0.29, 0.717) is 23.7 Å². The second kappa shape index (κ2) is 8.16. The zero-order valence-corrected chi connectivity index (χ0v) is 17.7. The molecule has 0 aromatic heterocycles. The Balaban J connectivity index is 1.63. The van der Waals surface area contributed by atoms with E-state index in [2.05, 4.69) is 5.32 Å². The van der Waals surface area contributed by atoms with Crippen molar-refractivity contribution in [2.75, 3.05) is 25.8 Å². The summed E-state index contributed by atoms with van der Waals surface area (Å²) < 4.78 is 44.0. The number of piperidine rings is 1. The maximum Gasteiger partial charge on any atom is 0.255 e. The van der Waals surface area contributed by atoms with Crippen molar-refractivity contribution in [3.8, 4) is 17.2 Å². The molecule has 0 bridgehead atoms. The first kappa shape index (κ1) is 20.5. The monoisotopic (exact) mass is 432 g/mol. The van der Waals surface area contributed by atoms with Gasteiger partial charge < -0.3 is 19.5 Å². The summed E-state index contributed by atoms with van der Waals surface area (Å²) in [6, 6.07) is 9.39. The van der Waals surface area contributed by atoms with Crippen LogP contribution >= 0.6 is 0 Å². The van der Waals surface area contributed by atoms with Crippen LogP contribution in [0.2, 0.25) is 0 Å². The molecule has 1 amide bonds. The van der Waals surface area contributed by atoms with E-state index in [1.165, 1.54) is 23.5 Å². The quantitative estimate of drug-likeness (QED) is 0.780. The predicted molar refractivity (Wildman–Crippen MR) is 111 cm³/mol. The highest BCUT2D eigenvalue weighted by Gasteiger charge is 2.33. The number of ether oxygens (including phenoxy) is 3. The molecule has 0 aliphatic carbocycles. The van der Waals surface area contributed by atoms with Gasteiger partial charge in [-0.05, 0) is 50.1 Å². The maximum atomic E-state index is 13.3. The molecule has 4 rings (SSSR count). The number of hydrogen-bond donors (Lipinski definition) is 1. The van der Waals surface area contributed by atoms with E-state index in [9.17, 15) is 13.2 Å². The van der Waals surface area contributed by atoms with Crippen LogP contribution in [0.5, 0.6) is 17.2 Å². The lowest BCUT2D eigenvalue weighted by Crippen LogP contribution is -2.42. The lowest BCUT2D eigenvalue weighted by atomic mass is 10.1. The summed E-state index contributed by atoms with van der Waals surface area (Å²) in [4.78, 5) is 12.8. The highest BCUT2D eigenvalue weighted by Crippen LogP contribution is 2.35. The van der Waals surface area contributed by atoms with Gasteiger partial charge in [0.25, 0.3) is 5.91 Å². The Bertz CT molecular complexity index is 1070. The second-order valence-corrected chi connectivity index (χ2v) is 9.21. The minimum absolute atomic E-state index is 0.00270. The lowest BCUT2D eigenvalue weighted by Gasteiger charge is -2.32. The molecule has 2 aromatic carbocycles. The number of fused-ring (bicyclic) bond motifs is 1. The van der Waals surface area contributed by atoms with Gasteiger partial charge in [0.1, 0.15) is 10.6 Å². The van der Waals surface area contributed by atoms with E-state index in [-0.39, 0.29) is 29.0 Å². The van der Waals surface area contributed by atoms with Crippen LogP contribution in [0.25, 0.3) is 0 Å². The molecule has 0 radical (unpaired) electrons. The minimum atomic E-state index is -3.80. The second-order valence-electron chi connectivity index (χ2n) is 7.35. The third kappa shape index (κ3) is 3.82. The first-order valence-corrected chi connectivity index (χ1v) is 11.2. The van der Waals surface area contributed by atoms with Crippen molar-refractivity contribution in [2.45, 2.75) is 37.1 Å². The highest BCUT2D eigenvalue weighted by atomic mass is 32.2.